The number of methoxy groups -OCH3 is 1. The van der Waals surface area contributed by atoms with Crippen molar-refractivity contribution in [2.24, 2.45) is 0 Å². The van der Waals surface area contributed by atoms with E-state index in [1.807, 2.05) is 6.07 Å². The van der Waals surface area contributed by atoms with Crippen LogP contribution < -0.4 is 5.32 Å². The Morgan fingerprint density at radius 3 is 2.26 bits per heavy atom. The maximum atomic E-state index is 5.47. The summed E-state index contributed by atoms with van der Waals surface area (Å²) in [6, 6.07) is 10.7. The van der Waals surface area contributed by atoms with Crippen molar-refractivity contribution >= 4 is 0 Å². The van der Waals surface area contributed by atoms with Gasteiger partial charge in [0.15, 0.2) is 0 Å². The molecule has 1 N–H and O–H groups in total. The minimum atomic E-state index is 0.350. The zero-order chi connectivity index (χ0) is 13.8. The first-order valence-corrected chi connectivity index (χ1v) is 6.77. The van der Waals surface area contributed by atoms with Gasteiger partial charge in [-0.1, -0.05) is 30.3 Å². The molecule has 4 heteroatoms. The third-order valence-corrected chi connectivity index (χ3v) is 2.80. The van der Waals surface area contributed by atoms with Gasteiger partial charge in [0.05, 0.1) is 33.0 Å². The van der Waals surface area contributed by atoms with E-state index in [0.29, 0.717) is 39.1 Å². The van der Waals surface area contributed by atoms with Crippen molar-refractivity contribution < 1.29 is 14.2 Å². The molecular formula is C15H25NO3. The summed E-state index contributed by atoms with van der Waals surface area (Å²) in [6.07, 6.45) is 0. The van der Waals surface area contributed by atoms with Crippen LogP contribution in [0.15, 0.2) is 30.3 Å². The summed E-state index contributed by atoms with van der Waals surface area (Å²) in [5.74, 6) is 0. The predicted octanol–water partition coefficient (Wildman–Crippen LogP) is 2.02. The lowest BCUT2D eigenvalue weighted by Crippen LogP contribution is -2.24. The van der Waals surface area contributed by atoms with Crippen LogP contribution in [0.2, 0.25) is 0 Å². The van der Waals surface area contributed by atoms with Gasteiger partial charge in [-0.05, 0) is 12.5 Å². The largest absolute Gasteiger partial charge is 0.382 e. The highest BCUT2D eigenvalue weighted by molar-refractivity contribution is 5.17. The minimum Gasteiger partial charge on any atom is -0.382 e. The Hall–Kier alpha value is -0.940. The smallest absolute Gasteiger partial charge is 0.0701 e. The van der Waals surface area contributed by atoms with Crippen molar-refractivity contribution in [1.29, 1.82) is 0 Å². The molecule has 0 fully saturated rings. The molecule has 4 nitrogen and oxygen atoms in total. The molecule has 0 saturated carbocycles. The Bertz CT molecular complexity index is 306. The molecule has 1 atom stereocenters. The Morgan fingerprint density at radius 2 is 1.58 bits per heavy atom. The molecule has 0 saturated heterocycles. The topological polar surface area (TPSA) is 39.7 Å². The molecule has 1 aromatic carbocycles. The van der Waals surface area contributed by atoms with Crippen LogP contribution in [0.5, 0.6) is 0 Å². The predicted molar refractivity (Wildman–Crippen MR) is 76.4 cm³/mol. The quantitative estimate of drug-likeness (QED) is 0.623. The summed E-state index contributed by atoms with van der Waals surface area (Å²) in [5.41, 5.74) is 1.30. The van der Waals surface area contributed by atoms with Gasteiger partial charge in [0, 0.05) is 19.7 Å². The normalized spacial score (nSPS) is 12.5. The highest BCUT2D eigenvalue weighted by Gasteiger charge is 2.02. The van der Waals surface area contributed by atoms with Crippen LogP contribution in [0.4, 0.5) is 0 Å². The highest BCUT2D eigenvalue weighted by atomic mass is 16.5. The van der Waals surface area contributed by atoms with Gasteiger partial charge in [-0.3, -0.25) is 0 Å². The molecule has 0 unspecified atom stereocenters. The van der Waals surface area contributed by atoms with Gasteiger partial charge in [-0.15, -0.1) is 0 Å². The van der Waals surface area contributed by atoms with Crippen LogP contribution in [0, 0.1) is 0 Å². The molecule has 0 heterocycles. The maximum absolute atomic E-state index is 5.47. The number of nitrogens with one attached hydrogen (secondary N) is 1. The molecule has 1 aromatic rings. The summed E-state index contributed by atoms with van der Waals surface area (Å²) in [4.78, 5) is 0. The molecule has 0 aliphatic rings. The van der Waals surface area contributed by atoms with Crippen molar-refractivity contribution in [3.63, 3.8) is 0 Å². The Morgan fingerprint density at radius 1 is 0.947 bits per heavy atom. The Balaban J connectivity index is 1.93. The zero-order valence-corrected chi connectivity index (χ0v) is 11.9. The molecule has 108 valence electrons. The number of hydrogen-bond donors (Lipinski definition) is 1. The summed E-state index contributed by atoms with van der Waals surface area (Å²) in [6.45, 7) is 6.21. The molecule has 19 heavy (non-hydrogen) atoms. The average molecular weight is 267 g/mol. The zero-order valence-electron chi connectivity index (χ0n) is 11.9. The summed E-state index contributed by atoms with van der Waals surface area (Å²) >= 11 is 0. The van der Waals surface area contributed by atoms with Gasteiger partial charge < -0.3 is 19.5 Å². The Kier molecular flexibility index (Phi) is 9.27. The lowest BCUT2D eigenvalue weighted by atomic mass is 10.1. The van der Waals surface area contributed by atoms with Crippen LogP contribution >= 0.6 is 0 Å². The third-order valence-electron chi connectivity index (χ3n) is 2.80. The second kappa shape index (κ2) is 10.9. The van der Waals surface area contributed by atoms with Crippen LogP contribution in [0.25, 0.3) is 0 Å². The van der Waals surface area contributed by atoms with Crippen LogP contribution in [-0.2, 0) is 14.2 Å². The molecule has 0 aliphatic heterocycles. The molecule has 0 aliphatic carbocycles. The molecular weight excluding hydrogens is 242 g/mol. The minimum absolute atomic E-state index is 0.350. The van der Waals surface area contributed by atoms with Crippen LogP contribution in [0.3, 0.4) is 0 Å². The summed E-state index contributed by atoms with van der Waals surface area (Å²) in [5, 5.41) is 3.42. The van der Waals surface area contributed by atoms with Gasteiger partial charge in [0.2, 0.25) is 0 Å². The second-order valence-electron chi connectivity index (χ2n) is 4.30. The van der Waals surface area contributed by atoms with E-state index in [2.05, 4.69) is 36.5 Å². The molecule has 0 radical (unpaired) electrons. The van der Waals surface area contributed by atoms with Crippen molar-refractivity contribution in [3.05, 3.63) is 35.9 Å². The second-order valence-corrected chi connectivity index (χ2v) is 4.30. The number of hydrogen-bond acceptors (Lipinski definition) is 4. The van der Waals surface area contributed by atoms with Gasteiger partial charge in [0.1, 0.15) is 0 Å². The lowest BCUT2D eigenvalue weighted by molar-refractivity contribution is 0.0253. The van der Waals surface area contributed by atoms with Crippen molar-refractivity contribution in [2.45, 2.75) is 13.0 Å². The van der Waals surface area contributed by atoms with Crippen molar-refractivity contribution in [1.82, 2.24) is 5.32 Å². The first kappa shape index (κ1) is 16.1. The number of rotatable bonds is 11. The van der Waals surface area contributed by atoms with Crippen LogP contribution in [-0.4, -0.2) is 46.7 Å². The van der Waals surface area contributed by atoms with E-state index in [1.54, 1.807) is 7.11 Å². The Labute approximate surface area is 116 Å². The van der Waals surface area contributed by atoms with Crippen molar-refractivity contribution in [3.8, 4) is 0 Å². The monoisotopic (exact) mass is 267 g/mol. The fourth-order valence-corrected chi connectivity index (χ4v) is 1.67. The van der Waals surface area contributed by atoms with E-state index in [-0.39, 0.29) is 0 Å². The molecule has 0 spiro atoms. The van der Waals surface area contributed by atoms with E-state index in [0.717, 1.165) is 6.54 Å². The van der Waals surface area contributed by atoms with Gasteiger partial charge in [0.25, 0.3) is 0 Å². The lowest BCUT2D eigenvalue weighted by Gasteiger charge is -2.14. The molecule has 1 rings (SSSR count). The van der Waals surface area contributed by atoms with E-state index < -0.39 is 0 Å². The van der Waals surface area contributed by atoms with E-state index in [1.165, 1.54) is 5.56 Å². The molecule has 0 bridgehead atoms. The van der Waals surface area contributed by atoms with E-state index >= 15 is 0 Å². The molecule has 0 amide bonds. The summed E-state index contributed by atoms with van der Waals surface area (Å²) in [7, 11) is 1.67. The fraction of sp³-hybridized carbons (Fsp3) is 0.600. The fourth-order valence-electron chi connectivity index (χ4n) is 1.67. The number of ether oxygens (including phenoxy) is 3. The van der Waals surface area contributed by atoms with Crippen LogP contribution in [0.1, 0.15) is 18.5 Å². The molecule has 0 aromatic heterocycles. The van der Waals surface area contributed by atoms with Gasteiger partial charge in [-0.2, -0.15) is 0 Å². The highest BCUT2D eigenvalue weighted by Crippen LogP contribution is 2.10. The first-order chi connectivity index (χ1) is 9.34. The van der Waals surface area contributed by atoms with Gasteiger partial charge in [-0.25, -0.2) is 0 Å². The van der Waals surface area contributed by atoms with Crippen molar-refractivity contribution in [2.75, 3.05) is 46.7 Å². The van der Waals surface area contributed by atoms with E-state index in [9.17, 15) is 0 Å². The standard InChI is InChI=1S/C15H25NO3/c1-14(15-6-4-3-5-7-15)16-8-9-18-12-13-19-11-10-17-2/h3-7,14,16H,8-13H2,1-2H3/t14-/m1/s1. The van der Waals surface area contributed by atoms with E-state index in [4.69, 9.17) is 14.2 Å². The average Bonchev–Trinajstić information content (AvgIpc) is 2.46. The maximum Gasteiger partial charge on any atom is 0.0701 e. The van der Waals surface area contributed by atoms with Gasteiger partial charge >= 0.3 is 0 Å². The first-order valence-electron chi connectivity index (χ1n) is 6.77. The summed E-state index contributed by atoms with van der Waals surface area (Å²) < 4.78 is 15.7. The number of benzene rings is 1. The SMILES string of the molecule is COCCOCCOCCN[C@H](C)c1ccccc1. The third kappa shape index (κ3) is 7.95.